The highest BCUT2D eigenvalue weighted by molar-refractivity contribution is 7.98. The van der Waals surface area contributed by atoms with E-state index >= 15 is 0 Å². The molecule has 0 aromatic heterocycles. The first-order valence-corrected chi connectivity index (χ1v) is 8.12. The lowest BCUT2D eigenvalue weighted by molar-refractivity contribution is -0.121. The van der Waals surface area contributed by atoms with Gasteiger partial charge in [-0.3, -0.25) is 4.79 Å². The maximum absolute atomic E-state index is 12.4. The first-order chi connectivity index (χ1) is 9.19. The smallest absolute Gasteiger partial charge is 0.229 e. The van der Waals surface area contributed by atoms with Crippen LogP contribution in [0.15, 0.2) is 29.2 Å². The average molecular weight is 313 g/mol. The predicted molar refractivity (Wildman–Crippen MR) is 86.4 cm³/mol. The van der Waals surface area contributed by atoms with Crippen molar-refractivity contribution in [1.82, 2.24) is 0 Å². The molecule has 2 fully saturated rings. The lowest BCUT2D eigenvalue weighted by Gasteiger charge is -2.27. The van der Waals surface area contributed by atoms with Crippen LogP contribution in [0.4, 0.5) is 5.69 Å². The van der Waals surface area contributed by atoms with Gasteiger partial charge >= 0.3 is 0 Å². The molecule has 2 saturated carbocycles. The fourth-order valence-electron chi connectivity index (χ4n) is 3.62. The minimum Gasteiger partial charge on any atom is -0.327 e. The van der Waals surface area contributed by atoms with Crippen LogP contribution >= 0.6 is 24.2 Å². The van der Waals surface area contributed by atoms with Crippen LogP contribution in [0.3, 0.4) is 0 Å². The van der Waals surface area contributed by atoms with Gasteiger partial charge in [0.15, 0.2) is 0 Å². The lowest BCUT2D eigenvalue weighted by Crippen LogP contribution is -2.42. The summed E-state index contributed by atoms with van der Waals surface area (Å²) in [5, 5.41) is 3.02. The van der Waals surface area contributed by atoms with Crippen LogP contribution in [0.1, 0.15) is 19.3 Å². The number of thioether (sulfide) groups is 1. The summed E-state index contributed by atoms with van der Waals surface area (Å²) < 4.78 is 0. The molecule has 20 heavy (non-hydrogen) atoms. The van der Waals surface area contributed by atoms with E-state index in [4.69, 9.17) is 5.73 Å². The van der Waals surface area contributed by atoms with Crippen LogP contribution in [-0.4, -0.2) is 18.2 Å². The van der Waals surface area contributed by atoms with E-state index in [2.05, 4.69) is 5.32 Å². The topological polar surface area (TPSA) is 55.1 Å². The van der Waals surface area contributed by atoms with E-state index in [-0.39, 0.29) is 30.3 Å². The lowest BCUT2D eigenvalue weighted by atomic mass is 9.84. The second-order valence-corrected chi connectivity index (χ2v) is 6.53. The first kappa shape index (κ1) is 15.7. The van der Waals surface area contributed by atoms with Gasteiger partial charge in [0, 0.05) is 16.6 Å². The summed E-state index contributed by atoms with van der Waals surface area (Å²) in [5.74, 6) is 1.20. The molecule has 3 N–H and O–H groups in total. The Morgan fingerprint density at radius 2 is 1.90 bits per heavy atom. The third-order valence-electron chi connectivity index (χ3n) is 4.64. The molecule has 2 aliphatic carbocycles. The number of amides is 1. The van der Waals surface area contributed by atoms with Gasteiger partial charge in [-0.05, 0) is 61.6 Å². The zero-order valence-corrected chi connectivity index (χ0v) is 13.2. The monoisotopic (exact) mass is 312 g/mol. The molecular weight excluding hydrogens is 292 g/mol. The number of benzene rings is 1. The summed E-state index contributed by atoms with van der Waals surface area (Å²) >= 11 is 1.70. The highest BCUT2D eigenvalue weighted by atomic mass is 35.5. The average Bonchev–Trinajstić information content (AvgIpc) is 3.00. The number of nitrogens with two attached hydrogens (primary N) is 1. The van der Waals surface area contributed by atoms with Crippen molar-refractivity contribution in [3.8, 4) is 0 Å². The number of carbonyl (C=O) groups is 1. The molecule has 0 heterocycles. The number of nitrogens with one attached hydrogen (secondary N) is 1. The van der Waals surface area contributed by atoms with Crippen LogP contribution < -0.4 is 11.1 Å². The van der Waals surface area contributed by atoms with Gasteiger partial charge in [0.25, 0.3) is 0 Å². The molecule has 4 atom stereocenters. The van der Waals surface area contributed by atoms with Crippen molar-refractivity contribution >= 4 is 35.8 Å². The predicted octanol–water partition coefficient (Wildman–Crippen LogP) is 3.14. The number of carbonyl (C=O) groups excluding carboxylic acids is 1. The molecule has 3 rings (SSSR count). The van der Waals surface area contributed by atoms with E-state index in [1.807, 2.05) is 30.5 Å². The second kappa shape index (κ2) is 6.37. The van der Waals surface area contributed by atoms with Crippen LogP contribution in [0.2, 0.25) is 0 Å². The summed E-state index contributed by atoms with van der Waals surface area (Å²) in [6.45, 7) is 0. The molecule has 3 nitrogen and oxygen atoms in total. The van der Waals surface area contributed by atoms with Gasteiger partial charge in [0.1, 0.15) is 0 Å². The fourth-order valence-corrected chi connectivity index (χ4v) is 4.03. The molecule has 5 heteroatoms. The van der Waals surface area contributed by atoms with Gasteiger partial charge in [0.05, 0.1) is 5.92 Å². The van der Waals surface area contributed by atoms with Gasteiger partial charge in [-0.15, -0.1) is 24.2 Å². The quantitative estimate of drug-likeness (QED) is 0.843. The number of anilines is 1. The minimum absolute atomic E-state index is 0. The van der Waals surface area contributed by atoms with Crippen LogP contribution in [-0.2, 0) is 4.79 Å². The van der Waals surface area contributed by atoms with Gasteiger partial charge in [-0.2, -0.15) is 0 Å². The van der Waals surface area contributed by atoms with Crippen molar-refractivity contribution in [1.29, 1.82) is 0 Å². The largest absolute Gasteiger partial charge is 0.327 e. The van der Waals surface area contributed by atoms with E-state index in [1.54, 1.807) is 11.8 Å². The Balaban J connectivity index is 0.00000147. The van der Waals surface area contributed by atoms with Gasteiger partial charge < -0.3 is 11.1 Å². The van der Waals surface area contributed by atoms with Crippen molar-refractivity contribution in [3.05, 3.63) is 24.3 Å². The maximum Gasteiger partial charge on any atom is 0.229 e. The second-order valence-electron chi connectivity index (χ2n) is 5.65. The summed E-state index contributed by atoms with van der Waals surface area (Å²) in [4.78, 5) is 13.6. The SMILES string of the molecule is CSc1ccc(NC(=O)C2C3CCC(C3)C2N)cc1.Cl. The molecular formula is C15H21ClN2OS. The summed E-state index contributed by atoms with van der Waals surface area (Å²) in [7, 11) is 0. The van der Waals surface area contributed by atoms with Gasteiger partial charge in [-0.25, -0.2) is 0 Å². The Bertz CT molecular complexity index is 477. The molecule has 0 saturated heterocycles. The molecule has 1 aromatic rings. The summed E-state index contributed by atoms with van der Waals surface area (Å²) in [6.07, 6.45) is 5.56. The number of fused-ring (bicyclic) bond motifs is 2. The molecule has 1 aromatic carbocycles. The minimum atomic E-state index is 0. The number of rotatable bonds is 3. The number of halogens is 1. The molecule has 2 aliphatic rings. The van der Waals surface area contributed by atoms with Crippen molar-refractivity contribution in [2.24, 2.45) is 23.5 Å². The number of hydrogen-bond donors (Lipinski definition) is 2. The van der Waals surface area contributed by atoms with Gasteiger partial charge in [0.2, 0.25) is 5.91 Å². The maximum atomic E-state index is 12.4. The Morgan fingerprint density at radius 1 is 1.25 bits per heavy atom. The van der Waals surface area contributed by atoms with Crippen molar-refractivity contribution in [2.45, 2.75) is 30.2 Å². The molecule has 0 radical (unpaired) electrons. The van der Waals surface area contributed by atoms with E-state index < -0.39 is 0 Å². The van der Waals surface area contributed by atoms with E-state index in [0.717, 1.165) is 12.1 Å². The van der Waals surface area contributed by atoms with Gasteiger partial charge in [-0.1, -0.05) is 0 Å². The Kier molecular flexibility index (Phi) is 4.99. The van der Waals surface area contributed by atoms with E-state index in [9.17, 15) is 4.79 Å². The zero-order chi connectivity index (χ0) is 13.4. The molecule has 110 valence electrons. The highest BCUT2D eigenvalue weighted by Gasteiger charge is 2.49. The number of hydrogen-bond acceptors (Lipinski definition) is 3. The standard InChI is InChI=1S/C15H20N2OS.ClH/c1-19-12-6-4-11(5-7-12)17-15(18)13-9-2-3-10(8-9)14(13)16;/h4-7,9-10,13-14H,2-3,8,16H2,1H3,(H,17,18);1H. The third kappa shape index (κ3) is 2.83. The van der Waals surface area contributed by atoms with Crippen molar-refractivity contribution < 1.29 is 4.79 Å². The Hall–Kier alpha value is -0.710. The van der Waals surface area contributed by atoms with E-state index in [1.165, 1.54) is 17.7 Å². The summed E-state index contributed by atoms with van der Waals surface area (Å²) in [6, 6.07) is 8.04. The van der Waals surface area contributed by atoms with Crippen LogP contribution in [0, 0.1) is 17.8 Å². The highest BCUT2D eigenvalue weighted by Crippen LogP contribution is 2.47. The normalized spacial score (nSPS) is 30.9. The molecule has 2 bridgehead atoms. The molecule has 1 amide bonds. The fraction of sp³-hybridized carbons (Fsp3) is 0.533. The van der Waals surface area contributed by atoms with Crippen LogP contribution in [0.25, 0.3) is 0 Å². The molecule has 0 spiro atoms. The summed E-state index contributed by atoms with van der Waals surface area (Å²) in [5.41, 5.74) is 7.07. The van der Waals surface area contributed by atoms with Crippen LogP contribution in [0.5, 0.6) is 0 Å². The Labute approximate surface area is 130 Å². The third-order valence-corrected chi connectivity index (χ3v) is 5.38. The molecule has 0 aliphatic heterocycles. The zero-order valence-electron chi connectivity index (χ0n) is 11.5. The van der Waals surface area contributed by atoms with Crippen molar-refractivity contribution in [3.63, 3.8) is 0 Å². The van der Waals surface area contributed by atoms with E-state index in [0.29, 0.717) is 11.8 Å². The molecule has 4 unspecified atom stereocenters. The van der Waals surface area contributed by atoms with Crippen molar-refractivity contribution in [2.75, 3.05) is 11.6 Å². The first-order valence-electron chi connectivity index (χ1n) is 6.89. The Morgan fingerprint density at radius 3 is 2.45 bits per heavy atom.